The Labute approximate surface area is 118 Å². The van der Waals surface area contributed by atoms with Crippen LogP contribution < -0.4 is 0 Å². The van der Waals surface area contributed by atoms with Crippen LogP contribution >= 0.6 is 0 Å². The van der Waals surface area contributed by atoms with Gasteiger partial charge < -0.3 is 0 Å². The van der Waals surface area contributed by atoms with Crippen molar-refractivity contribution >= 4 is 0 Å². The van der Waals surface area contributed by atoms with Crippen molar-refractivity contribution in [3.8, 4) is 0 Å². The zero-order valence-electron chi connectivity index (χ0n) is 11.3. The summed E-state index contributed by atoms with van der Waals surface area (Å²) in [4.78, 5) is 6.31. The Hall–Kier alpha value is -1.64. The van der Waals surface area contributed by atoms with Gasteiger partial charge in [0.1, 0.15) is 6.10 Å². The molecule has 2 nitrogen and oxygen atoms in total. The monoisotopic (exact) mass is 263 g/mol. The SMILES string of the molecule is c1ccc2c(c1)CCN1O[C@H]3c4ccccc4C[C@H]3[C@@H]21. The lowest BCUT2D eigenvalue weighted by Gasteiger charge is -2.32. The van der Waals surface area contributed by atoms with E-state index in [2.05, 4.69) is 53.6 Å². The summed E-state index contributed by atoms with van der Waals surface area (Å²) in [6.07, 6.45) is 2.52. The second kappa shape index (κ2) is 3.94. The lowest BCUT2D eigenvalue weighted by Crippen LogP contribution is -2.32. The van der Waals surface area contributed by atoms with E-state index >= 15 is 0 Å². The molecule has 0 N–H and O–H groups in total. The number of rotatable bonds is 0. The lowest BCUT2D eigenvalue weighted by molar-refractivity contribution is -0.167. The third-order valence-electron chi connectivity index (χ3n) is 5.15. The Morgan fingerprint density at radius 3 is 2.55 bits per heavy atom. The predicted octanol–water partition coefficient (Wildman–Crippen LogP) is 3.44. The molecule has 0 radical (unpaired) electrons. The largest absolute Gasteiger partial charge is 0.290 e. The first kappa shape index (κ1) is 11.1. The number of hydroxylamine groups is 2. The van der Waals surface area contributed by atoms with Crippen LogP contribution in [-0.4, -0.2) is 11.6 Å². The molecule has 2 heteroatoms. The molecule has 3 aliphatic rings. The Kier molecular flexibility index (Phi) is 2.18. The van der Waals surface area contributed by atoms with Gasteiger partial charge in [-0.1, -0.05) is 48.5 Å². The fourth-order valence-corrected chi connectivity index (χ4v) is 4.29. The first-order chi connectivity index (χ1) is 9.92. The van der Waals surface area contributed by atoms with E-state index in [0.717, 1.165) is 19.4 Å². The zero-order chi connectivity index (χ0) is 13.1. The van der Waals surface area contributed by atoms with E-state index < -0.39 is 0 Å². The maximum Gasteiger partial charge on any atom is 0.110 e. The van der Waals surface area contributed by atoms with Gasteiger partial charge in [-0.3, -0.25) is 4.84 Å². The summed E-state index contributed by atoms with van der Waals surface area (Å²) in [6, 6.07) is 18.1. The molecular formula is C18H17NO. The molecule has 100 valence electrons. The second-order valence-corrected chi connectivity index (χ2v) is 6.13. The zero-order valence-corrected chi connectivity index (χ0v) is 11.3. The Bertz CT molecular complexity index is 681. The standard InChI is InChI=1S/C18H17NO/c1-3-7-14-12(5-1)9-10-19-17(14)16-11-13-6-2-4-8-15(13)18(16)20-19/h1-8,16-18H,9-11H2/t16-,17+,18-/m0/s1. The number of benzene rings is 2. The van der Waals surface area contributed by atoms with Gasteiger partial charge in [0.2, 0.25) is 0 Å². The van der Waals surface area contributed by atoms with Gasteiger partial charge in [-0.05, 0) is 35.1 Å². The molecule has 0 bridgehead atoms. The average molecular weight is 263 g/mol. The van der Waals surface area contributed by atoms with Gasteiger partial charge in [-0.2, -0.15) is 5.06 Å². The second-order valence-electron chi connectivity index (χ2n) is 6.13. The van der Waals surface area contributed by atoms with Crippen LogP contribution in [-0.2, 0) is 17.7 Å². The van der Waals surface area contributed by atoms with Gasteiger partial charge in [0.05, 0.1) is 6.04 Å². The Morgan fingerprint density at radius 1 is 0.900 bits per heavy atom. The summed E-state index contributed by atoms with van der Waals surface area (Å²) in [5.41, 5.74) is 5.88. The van der Waals surface area contributed by atoms with Crippen LogP contribution in [0.15, 0.2) is 48.5 Å². The van der Waals surface area contributed by atoms with E-state index in [4.69, 9.17) is 4.84 Å². The van der Waals surface area contributed by atoms with Gasteiger partial charge in [-0.25, -0.2) is 0 Å². The molecule has 0 amide bonds. The molecule has 2 aromatic carbocycles. The highest BCUT2D eigenvalue weighted by Crippen LogP contribution is 2.54. The number of fused-ring (bicyclic) bond motifs is 7. The molecule has 20 heavy (non-hydrogen) atoms. The maximum absolute atomic E-state index is 6.31. The highest BCUT2D eigenvalue weighted by molar-refractivity contribution is 5.40. The van der Waals surface area contributed by atoms with Crippen LogP contribution in [0.25, 0.3) is 0 Å². The molecule has 0 aromatic heterocycles. The molecule has 1 aliphatic carbocycles. The molecule has 0 unspecified atom stereocenters. The van der Waals surface area contributed by atoms with E-state index in [0.29, 0.717) is 12.0 Å². The molecular weight excluding hydrogens is 246 g/mol. The van der Waals surface area contributed by atoms with Crippen molar-refractivity contribution in [2.75, 3.05) is 6.54 Å². The average Bonchev–Trinajstić information content (AvgIpc) is 3.03. The van der Waals surface area contributed by atoms with Crippen molar-refractivity contribution in [2.24, 2.45) is 5.92 Å². The van der Waals surface area contributed by atoms with Crippen LogP contribution in [0.1, 0.15) is 34.4 Å². The Balaban J connectivity index is 1.62. The summed E-state index contributed by atoms with van der Waals surface area (Å²) < 4.78 is 0. The summed E-state index contributed by atoms with van der Waals surface area (Å²) in [6.45, 7) is 1.02. The third-order valence-corrected chi connectivity index (χ3v) is 5.15. The fraction of sp³-hybridized carbons (Fsp3) is 0.333. The molecule has 2 heterocycles. The van der Waals surface area contributed by atoms with Crippen molar-refractivity contribution in [3.63, 3.8) is 0 Å². The first-order valence-corrected chi connectivity index (χ1v) is 7.51. The molecule has 3 atom stereocenters. The summed E-state index contributed by atoms with van der Waals surface area (Å²) >= 11 is 0. The van der Waals surface area contributed by atoms with Crippen LogP contribution in [0.4, 0.5) is 0 Å². The van der Waals surface area contributed by atoms with Crippen LogP contribution in [0.5, 0.6) is 0 Å². The lowest BCUT2D eigenvalue weighted by atomic mass is 9.84. The highest BCUT2D eigenvalue weighted by Gasteiger charge is 2.50. The maximum atomic E-state index is 6.31. The molecule has 2 aromatic rings. The number of hydrogen-bond donors (Lipinski definition) is 0. The number of hydrogen-bond acceptors (Lipinski definition) is 2. The highest BCUT2D eigenvalue weighted by atomic mass is 16.7. The minimum atomic E-state index is 0.266. The quantitative estimate of drug-likeness (QED) is 0.722. The summed E-state index contributed by atoms with van der Waals surface area (Å²) in [7, 11) is 0. The van der Waals surface area contributed by atoms with Crippen molar-refractivity contribution in [1.29, 1.82) is 0 Å². The summed E-state index contributed by atoms with van der Waals surface area (Å²) in [5, 5.41) is 2.24. The van der Waals surface area contributed by atoms with Crippen molar-refractivity contribution < 1.29 is 4.84 Å². The van der Waals surface area contributed by atoms with Crippen molar-refractivity contribution in [2.45, 2.75) is 25.0 Å². The first-order valence-electron chi connectivity index (χ1n) is 7.51. The van der Waals surface area contributed by atoms with Gasteiger partial charge in [0, 0.05) is 12.5 Å². The van der Waals surface area contributed by atoms with Gasteiger partial charge in [0.25, 0.3) is 0 Å². The van der Waals surface area contributed by atoms with Crippen LogP contribution in [0.2, 0.25) is 0 Å². The topological polar surface area (TPSA) is 12.5 Å². The van der Waals surface area contributed by atoms with E-state index in [1.165, 1.54) is 22.3 Å². The normalized spacial score (nSPS) is 30.5. The number of nitrogens with zero attached hydrogens (tertiary/aromatic N) is 1. The minimum Gasteiger partial charge on any atom is -0.290 e. The third kappa shape index (κ3) is 1.36. The fourth-order valence-electron chi connectivity index (χ4n) is 4.29. The van der Waals surface area contributed by atoms with Gasteiger partial charge >= 0.3 is 0 Å². The van der Waals surface area contributed by atoms with E-state index in [1.54, 1.807) is 0 Å². The van der Waals surface area contributed by atoms with Crippen LogP contribution in [0, 0.1) is 5.92 Å². The molecule has 0 saturated carbocycles. The van der Waals surface area contributed by atoms with Crippen molar-refractivity contribution in [1.82, 2.24) is 5.06 Å². The van der Waals surface area contributed by atoms with Gasteiger partial charge in [0.15, 0.2) is 0 Å². The van der Waals surface area contributed by atoms with E-state index in [-0.39, 0.29) is 6.10 Å². The molecule has 1 fully saturated rings. The Morgan fingerprint density at radius 2 is 1.65 bits per heavy atom. The predicted molar refractivity (Wildman–Crippen MR) is 77.1 cm³/mol. The molecule has 2 aliphatic heterocycles. The van der Waals surface area contributed by atoms with Crippen LogP contribution in [0.3, 0.4) is 0 Å². The van der Waals surface area contributed by atoms with E-state index in [9.17, 15) is 0 Å². The molecule has 5 rings (SSSR count). The summed E-state index contributed by atoms with van der Waals surface area (Å²) in [5.74, 6) is 0.578. The van der Waals surface area contributed by atoms with Gasteiger partial charge in [-0.15, -0.1) is 0 Å². The van der Waals surface area contributed by atoms with Crippen molar-refractivity contribution in [3.05, 3.63) is 70.8 Å². The molecule has 1 saturated heterocycles. The van der Waals surface area contributed by atoms with E-state index in [1.807, 2.05) is 0 Å². The molecule has 0 spiro atoms. The smallest absolute Gasteiger partial charge is 0.110 e. The minimum absolute atomic E-state index is 0.266.